The van der Waals surface area contributed by atoms with Gasteiger partial charge in [0.05, 0.1) is 16.6 Å². The van der Waals surface area contributed by atoms with Gasteiger partial charge in [-0.1, -0.05) is 17.7 Å². The number of nitro groups is 1. The molecule has 7 nitrogen and oxygen atoms in total. The fourth-order valence-corrected chi connectivity index (χ4v) is 2.31. The molecule has 0 unspecified atom stereocenters. The molecule has 0 aliphatic carbocycles. The second-order valence-corrected chi connectivity index (χ2v) is 5.36. The lowest BCUT2D eigenvalue weighted by atomic mass is 10.2. The number of hydrogen-bond donors (Lipinski definition) is 1. The van der Waals surface area contributed by atoms with Gasteiger partial charge in [-0.3, -0.25) is 10.1 Å². The summed E-state index contributed by atoms with van der Waals surface area (Å²) in [6, 6.07) is 8.82. The lowest BCUT2D eigenvalue weighted by molar-refractivity contribution is -0.384. The summed E-state index contributed by atoms with van der Waals surface area (Å²) < 4.78 is 1.08. The normalized spacial score (nSPS) is 10.7. The first-order chi connectivity index (χ1) is 11.0. The van der Waals surface area contributed by atoms with Crippen molar-refractivity contribution >= 4 is 39.9 Å². The van der Waals surface area contributed by atoms with Crippen molar-refractivity contribution in [1.82, 2.24) is 9.78 Å². The van der Waals surface area contributed by atoms with Gasteiger partial charge in [0, 0.05) is 28.2 Å². The zero-order valence-corrected chi connectivity index (χ0v) is 12.7. The summed E-state index contributed by atoms with van der Waals surface area (Å²) in [4.78, 5) is 22.7. The highest BCUT2D eigenvalue weighted by molar-refractivity contribution is 6.31. The Labute approximate surface area is 135 Å². The van der Waals surface area contributed by atoms with Gasteiger partial charge in [0.25, 0.3) is 5.69 Å². The van der Waals surface area contributed by atoms with Gasteiger partial charge in [0.2, 0.25) is 0 Å². The summed E-state index contributed by atoms with van der Waals surface area (Å²) in [6.45, 7) is 1.86. The molecule has 0 saturated carbocycles. The quantitative estimate of drug-likeness (QED) is 0.568. The van der Waals surface area contributed by atoms with E-state index >= 15 is 0 Å². The average molecular weight is 331 g/mol. The van der Waals surface area contributed by atoms with E-state index in [0.717, 1.165) is 10.2 Å². The average Bonchev–Trinajstić information content (AvgIpc) is 2.94. The molecule has 0 radical (unpaired) electrons. The monoisotopic (exact) mass is 330 g/mol. The van der Waals surface area contributed by atoms with Gasteiger partial charge in [-0.15, -0.1) is 0 Å². The van der Waals surface area contributed by atoms with Crippen molar-refractivity contribution in [2.45, 2.75) is 6.92 Å². The Hall–Kier alpha value is -2.93. The number of carbonyl (C=O) groups excluding carboxylic acids is 1. The van der Waals surface area contributed by atoms with Gasteiger partial charge in [-0.05, 0) is 30.7 Å². The van der Waals surface area contributed by atoms with Gasteiger partial charge >= 0.3 is 6.03 Å². The SMILES string of the molecule is Cc1ccc(NC(=O)n2ncc3ccc([N+](=O)[O-])cc32)cc1Cl. The molecule has 0 aliphatic heterocycles. The fraction of sp³-hybridized carbons (Fsp3) is 0.0667. The first kappa shape index (κ1) is 15.0. The van der Waals surface area contributed by atoms with Crippen LogP contribution in [0.5, 0.6) is 0 Å². The maximum Gasteiger partial charge on any atom is 0.347 e. The number of hydrogen-bond acceptors (Lipinski definition) is 4. The van der Waals surface area contributed by atoms with E-state index in [4.69, 9.17) is 11.6 Å². The van der Waals surface area contributed by atoms with Crippen molar-refractivity contribution in [1.29, 1.82) is 0 Å². The van der Waals surface area contributed by atoms with E-state index in [9.17, 15) is 14.9 Å². The number of aromatic nitrogens is 2. The number of halogens is 1. The Morgan fingerprint density at radius 1 is 1.30 bits per heavy atom. The van der Waals surface area contributed by atoms with E-state index in [1.54, 1.807) is 24.3 Å². The Balaban J connectivity index is 1.95. The van der Waals surface area contributed by atoms with Crippen molar-refractivity contribution in [2.75, 3.05) is 5.32 Å². The number of amides is 1. The third-order valence-corrected chi connectivity index (χ3v) is 3.79. The number of nitrogens with one attached hydrogen (secondary N) is 1. The van der Waals surface area contributed by atoms with Crippen molar-refractivity contribution < 1.29 is 9.72 Å². The molecule has 1 heterocycles. The maximum absolute atomic E-state index is 12.3. The summed E-state index contributed by atoms with van der Waals surface area (Å²) >= 11 is 6.02. The largest absolute Gasteiger partial charge is 0.347 e. The molecule has 116 valence electrons. The van der Waals surface area contributed by atoms with Crippen LogP contribution < -0.4 is 5.32 Å². The van der Waals surface area contributed by atoms with E-state index in [-0.39, 0.29) is 5.69 Å². The van der Waals surface area contributed by atoms with Gasteiger partial charge in [0.1, 0.15) is 0 Å². The van der Waals surface area contributed by atoms with Gasteiger partial charge < -0.3 is 5.32 Å². The Bertz CT molecular complexity index is 936. The topological polar surface area (TPSA) is 90.1 Å². The first-order valence-electron chi connectivity index (χ1n) is 6.65. The molecule has 1 N–H and O–H groups in total. The minimum atomic E-state index is -0.527. The molecule has 2 aromatic carbocycles. The summed E-state index contributed by atoms with van der Waals surface area (Å²) in [7, 11) is 0. The van der Waals surface area contributed by atoms with E-state index in [0.29, 0.717) is 21.6 Å². The number of nitrogens with zero attached hydrogens (tertiary/aromatic N) is 3. The van der Waals surface area contributed by atoms with Crippen LogP contribution in [0.3, 0.4) is 0 Å². The molecule has 1 aromatic heterocycles. The summed E-state index contributed by atoms with van der Waals surface area (Å²) in [5.74, 6) is 0. The van der Waals surface area contributed by atoms with E-state index in [2.05, 4.69) is 10.4 Å². The molecular weight excluding hydrogens is 320 g/mol. The highest BCUT2D eigenvalue weighted by atomic mass is 35.5. The summed E-state index contributed by atoms with van der Waals surface area (Å²) in [5, 5.41) is 18.7. The van der Waals surface area contributed by atoms with Crippen LogP contribution in [0.15, 0.2) is 42.6 Å². The Morgan fingerprint density at radius 3 is 2.78 bits per heavy atom. The predicted octanol–water partition coefficient (Wildman–Crippen LogP) is 3.99. The number of aryl methyl sites for hydroxylation is 1. The number of non-ortho nitro benzene ring substituents is 1. The van der Waals surface area contributed by atoms with Gasteiger partial charge in [-0.2, -0.15) is 9.78 Å². The molecule has 23 heavy (non-hydrogen) atoms. The molecule has 0 saturated heterocycles. The van der Waals surface area contributed by atoms with Gasteiger partial charge in [-0.25, -0.2) is 4.79 Å². The Kier molecular flexibility index (Phi) is 3.71. The molecule has 0 bridgehead atoms. The molecule has 3 aromatic rings. The smallest absolute Gasteiger partial charge is 0.306 e. The van der Waals surface area contributed by atoms with E-state index < -0.39 is 11.0 Å². The molecule has 0 fully saturated rings. The van der Waals surface area contributed by atoms with Crippen molar-refractivity contribution in [2.24, 2.45) is 0 Å². The van der Waals surface area contributed by atoms with Gasteiger partial charge in [0.15, 0.2) is 0 Å². The van der Waals surface area contributed by atoms with Crippen LogP contribution in [-0.4, -0.2) is 20.7 Å². The predicted molar refractivity (Wildman–Crippen MR) is 87.0 cm³/mol. The van der Waals surface area contributed by atoms with Crippen LogP contribution in [0, 0.1) is 17.0 Å². The molecule has 8 heteroatoms. The summed E-state index contributed by atoms with van der Waals surface area (Å²) in [5.41, 5.74) is 1.66. The zero-order chi connectivity index (χ0) is 16.6. The lowest BCUT2D eigenvalue weighted by Gasteiger charge is -2.07. The lowest BCUT2D eigenvalue weighted by Crippen LogP contribution is -2.20. The second-order valence-electron chi connectivity index (χ2n) is 4.95. The summed E-state index contributed by atoms with van der Waals surface area (Å²) in [6.07, 6.45) is 1.47. The van der Waals surface area contributed by atoms with Crippen molar-refractivity contribution in [3.05, 3.63) is 63.3 Å². The highest BCUT2D eigenvalue weighted by Crippen LogP contribution is 2.22. The van der Waals surface area contributed by atoms with Crippen molar-refractivity contribution in [3.63, 3.8) is 0 Å². The number of benzene rings is 2. The second kappa shape index (κ2) is 5.69. The minimum Gasteiger partial charge on any atom is -0.306 e. The fourth-order valence-electron chi connectivity index (χ4n) is 2.13. The van der Waals surface area contributed by atoms with Crippen LogP contribution in [0.1, 0.15) is 5.56 Å². The third-order valence-electron chi connectivity index (χ3n) is 3.38. The van der Waals surface area contributed by atoms with Crippen LogP contribution in [-0.2, 0) is 0 Å². The van der Waals surface area contributed by atoms with Crippen LogP contribution in [0.4, 0.5) is 16.2 Å². The molecule has 0 atom stereocenters. The highest BCUT2D eigenvalue weighted by Gasteiger charge is 2.15. The number of rotatable bonds is 2. The van der Waals surface area contributed by atoms with Crippen LogP contribution in [0.2, 0.25) is 5.02 Å². The van der Waals surface area contributed by atoms with E-state index in [1.807, 2.05) is 6.92 Å². The maximum atomic E-state index is 12.3. The molecule has 0 aliphatic rings. The third kappa shape index (κ3) is 2.86. The number of fused-ring (bicyclic) bond motifs is 1. The zero-order valence-electron chi connectivity index (χ0n) is 12.0. The Morgan fingerprint density at radius 2 is 2.09 bits per heavy atom. The minimum absolute atomic E-state index is 0.106. The standard InChI is InChI=1S/C15H11ClN4O3/c1-9-2-4-11(6-13(9)16)18-15(21)19-14-7-12(20(22)23)5-3-10(14)8-17-19/h2-8H,1H3,(H,18,21). The molecule has 0 spiro atoms. The van der Waals surface area contributed by atoms with Crippen LogP contribution in [0.25, 0.3) is 10.9 Å². The first-order valence-corrected chi connectivity index (χ1v) is 7.03. The number of carbonyl (C=O) groups is 1. The molecule has 1 amide bonds. The van der Waals surface area contributed by atoms with Crippen LogP contribution >= 0.6 is 11.6 Å². The molecular formula is C15H11ClN4O3. The van der Waals surface area contributed by atoms with E-state index in [1.165, 1.54) is 18.3 Å². The molecule has 3 rings (SSSR count). The van der Waals surface area contributed by atoms with Crippen molar-refractivity contribution in [3.8, 4) is 0 Å². The number of anilines is 1. The number of nitro benzene ring substituents is 1.